The van der Waals surface area contributed by atoms with Crippen molar-refractivity contribution < 1.29 is 17.4 Å². The molecule has 0 aliphatic carbocycles. The zero-order valence-electron chi connectivity index (χ0n) is 8.23. The van der Waals surface area contributed by atoms with E-state index in [0.717, 1.165) is 6.20 Å². The standard InChI is InChI=1S/C7H5F3IN3OS2/c1-17(15,14-3-12)5(11)4-2-13-6(16-4)7(8,9)10/h2,5H,1H3. The lowest BCUT2D eigenvalue weighted by Crippen LogP contribution is -2.03. The van der Waals surface area contributed by atoms with Crippen LogP contribution in [0.15, 0.2) is 10.6 Å². The van der Waals surface area contributed by atoms with Crippen molar-refractivity contribution in [1.82, 2.24) is 4.98 Å². The Morgan fingerprint density at radius 2 is 2.29 bits per heavy atom. The summed E-state index contributed by atoms with van der Waals surface area (Å²) >= 11 is 2.11. The molecule has 0 amide bonds. The summed E-state index contributed by atoms with van der Waals surface area (Å²) in [6.07, 6.45) is -0.874. The van der Waals surface area contributed by atoms with Crippen molar-refractivity contribution in [3.63, 3.8) is 0 Å². The van der Waals surface area contributed by atoms with Crippen molar-refractivity contribution in [1.29, 1.82) is 5.26 Å². The summed E-state index contributed by atoms with van der Waals surface area (Å²) in [6, 6.07) is 0. The Morgan fingerprint density at radius 3 is 2.71 bits per heavy atom. The molecule has 4 nitrogen and oxygen atoms in total. The van der Waals surface area contributed by atoms with E-state index in [1.807, 2.05) is 0 Å². The zero-order valence-corrected chi connectivity index (χ0v) is 12.0. The Labute approximate surface area is 113 Å². The normalized spacial score (nSPS) is 16.9. The number of hydrogen-bond acceptors (Lipinski definition) is 5. The average Bonchev–Trinajstić information content (AvgIpc) is 2.64. The highest BCUT2D eigenvalue weighted by Gasteiger charge is 2.35. The van der Waals surface area contributed by atoms with Crippen LogP contribution in [0.5, 0.6) is 0 Å². The molecular formula is C7H5F3IN3OS2. The molecule has 17 heavy (non-hydrogen) atoms. The van der Waals surface area contributed by atoms with E-state index in [9.17, 15) is 17.4 Å². The van der Waals surface area contributed by atoms with E-state index in [1.54, 1.807) is 22.6 Å². The largest absolute Gasteiger partial charge is 0.443 e. The third-order valence-corrected chi connectivity index (χ3v) is 8.24. The maximum Gasteiger partial charge on any atom is 0.443 e. The van der Waals surface area contributed by atoms with Crippen LogP contribution in [0, 0.1) is 11.5 Å². The Balaban J connectivity index is 3.13. The fourth-order valence-corrected chi connectivity index (χ4v) is 3.82. The molecule has 0 spiro atoms. The van der Waals surface area contributed by atoms with Crippen molar-refractivity contribution in [2.24, 2.45) is 4.36 Å². The monoisotopic (exact) mass is 395 g/mol. The first-order chi connectivity index (χ1) is 7.68. The summed E-state index contributed by atoms with van der Waals surface area (Å²) in [5.74, 6) is 0. The second kappa shape index (κ2) is 5.07. The minimum atomic E-state index is -4.51. The number of nitrogens with zero attached hydrogens (tertiary/aromatic N) is 3. The van der Waals surface area contributed by atoms with Gasteiger partial charge in [-0.3, -0.25) is 0 Å². The summed E-state index contributed by atoms with van der Waals surface area (Å²) < 4.78 is 51.2. The maximum absolute atomic E-state index is 12.3. The van der Waals surface area contributed by atoms with Crippen molar-refractivity contribution in [2.45, 2.75) is 9.43 Å². The minimum Gasteiger partial charge on any atom is -0.247 e. The summed E-state index contributed by atoms with van der Waals surface area (Å²) in [5, 5.41) is 7.34. The van der Waals surface area contributed by atoms with Gasteiger partial charge in [0.1, 0.15) is 3.26 Å². The second-order valence-electron chi connectivity index (χ2n) is 2.93. The molecule has 2 unspecified atom stereocenters. The molecule has 0 fully saturated rings. The number of alkyl halides is 4. The van der Waals surface area contributed by atoms with Gasteiger partial charge in [-0.05, 0) is 0 Å². The molecule has 10 heteroatoms. The molecule has 0 saturated heterocycles. The molecule has 0 radical (unpaired) electrons. The van der Waals surface area contributed by atoms with E-state index in [4.69, 9.17) is 5.26 Å². The van der Waals surface area contributed by atoms with Crippen molar-refractivity contribution in [3.8, 4) is 6.19 Å². The first-order valence-electron chi connectivity index (χ1n) is 3.94. The molecule has 1 heterocycles. The first kappa shape index (κ1) is 14.7. The SMILES string of the molecule is CS(=O)(=NC#N)C(I)c1cnc(C(F)(F)F)s1. The highest BCUT2D eigenvalue weighted by atomic mass is 127. The van der Waals surface area contributed by atoms with Crippen LogP contribution in [-0.2, 0) is 15.9 Å². The van der Waals surface area contributed by atoms with Gasteiger partial charge in [0.15, 0.2) is 5.01 Å². The van der Waals surface area contributed by atoms with Crippen molar-refractivity contribution >= 4 is 43.7 Å². The molecular weight excluding hydrogens is 390 g/mol. The lowest BCUT2D eigenvalue weighted by atomic mass is 10.6. The molecule has 0 N–H and O–H groups in total. The van der Waals surface area contributed by atoms with Crippen LogP contribution in [0.4, 0.5) is 13.2 Å². The third kappa shape index (κ3) is 3.52. The molecule has 0 aromatic carbocycles. The molecule has 0 saturated carbocycles. The van der Waals surface area contributed by atoms with Gasteiger partial charge in [-0.2, -0.15) is 18.4 Å². The molecule has 2 atom stereocenters. The number of thiazole rings is 1. The number of nitriles is 1. The van der Waals surface area contributed by atoms with E-state index < -0.39 is 24.2 Å². The lowest BCUT2D eigenvalue weighted by molar-refractivity contribution is -0.137. The van der Waals surface area contributed by atoms with Crippen LogP contribution in [-0.4, -0.2) is 15.4 Å². The Bertz CT molecular complexity index is 568. The van der Waals surface area contributed by atoms with Gasteiger partial charge in [0, 0.05) is 12.5 Å². The summed E-state index contributed by atoms with van der Waals surface area (Å²) in [6.45, 7) is 0. The molecule has 0 aliphatic rings. The van der Waals surface area contributed by atoms with Gasteiger partial charge in [-0.1, -0.05) is 22.6 Å². The topological polar surface area (TPSA) is 66.1 Å². The molecule has 1 aromatic heterocycles. The predicted molar refractivity (Wildman–Crippen MR) is 66.0 cm³/mol. The van der Waals surface area contributed by atoms with E-state index in [1.165, 1.54) is 12.4 Å². The highest BCUT2D eigenvalue weighted by Crippen LogP contribution is 2.39. The van der Waals surface area contributed by atoms with Crippen LogP contribution >= 0.6 is 33.9 Å². The lowest BCUT2D eigenvalue weighted by Gasteiger charge is -2.07. The summed E-state index contributed by atoms with van der Waals surface area (Å²) in [5.41, 5.74) is 0. The smallest absolute Gasteiger partial charge is 0.247 e. The third-order valence-electron chi connectivity index (χ3n) is 1.60. The maximum atomic E-state index is 12.3. The summed E-state index contributed by atoms with van der Waals surface area (Å²) in [4.78, 5) is 3.41. The Kier molecular flexibility index (Phi) is 4.37. The van der Waals surface area contributed by atoms with Crippen LogP contribution in [0.1, 0.15) is 13.1 Å². The van der Waals surface area contributed by atoms with Gasteiger partial charge in [0.25, 0.3) is 0 Å². The summed E-state index contributed by atoms with van der Waals surface area (Å²) in [7, 11) is -2.89. The molecule has 1 rings (SSSR count). The van der Waals surface area contributed by atoms with Gasteiger partial charge in [-0.15, -0.1) is 15.7 Å². The molecule has 94 valence electrons. The van der Waals surface area contributed by atoms with E-state index in [2.05, 4.69) is 9.35 Å². The average molecular weight is 395 g/mol. The molecule has 1 aromatic rings. The van der Waals surface area contributed by atoms with Crippen molar-refractivity contribution in [3.05, 3.63) is 16.1 Å². The molecule has 0 aliphatic heterocycles. The fraction of sp³-hybridized carbons (Fsp3) is 0.429. The Hall–Kier alpha value is -0.410. The zero-order chi connectivity index (χ0) is 13.3. The second-order valence-corrected chi connectivity index (χ2v) is 8.46. The van der Waals surface area contributed by atoms with Crippen LogP contribution in [0.2, 0.25) is 0 Å². The minimum absolute atomic E-state index is 0.185. The van der Waals surface area contributed by atoms with Gasteiger partial charge in [0.2, 0.25) is 6.19 Å². The van der Waals surface area contributed by atoms with E-state index >= 15 is 0 Å². The molecule has 0 bridgehead atoms. The van der Waals surface area contributed by atoms with Crippen molar-refractivity contribution in [2.75, 3.05) is 6.26 Å². The first-order valence-corrected chi connectivity index (χ1v) is 7.99. The number of hydrogen-bond donors (Lipinski definition) is 0. The predicted octanol–water partition coefficient (Wildman–Crippen LogP) is 3.17. The van der Waals surface area contributed by atoms with Crippen LogP contribution in [0.25, 0.3) is 0 Å². The van der Waals surface area contributed by atoms with E-state index in [-0.39, 0.29) is 4.88 Å². The van der Waals surface area contributed by atoms with Crippen LogP contribution in [0.3, 0.4) is 0 Å². The quantitative estimate of drug-likeness (QED) is 0.439. The van der Waals surface area contributed by atoms with Gasteiger partial charge < -0.3 is 0 Å². The van der Waals surface area contributed by atoms with Crippen LogP contribution < -0.4 is 0 Å². The highest BCUT2D eigenvalue weighted by molar-refractivity contribution is 14.1. The Morgan fingerprint density at radius 1 is 1.71 bits per heavy atom. The van der Waals surface area contributed by atoms with Gasteiger partial charge in [0.05, 0.1) is 14.6 Å². The van der Waals surface area contributed by atoms with Gasteiger partial charge in [-0.25, -0.2) is 9.19 Å². The fourth-order valence-electron chi connectivity index (χ4n) is 0.865. The number of aromatic nitrogens is 1. The number of rotatable bonds is 2. The number of halogens is 4. The van der Waals surface area contributed by atoms with E-state index in [0.29, 0.717) is 11.3 Å². The van der Waals surface area contributed by atoms with Gasteiger partial charge >= 0.3 is 6.18 Å².